The number of hydrogen-bond acceptors (Lipinski definition) is 4. The Labute approximate surface area is 168 Å². The first-order valence-corrected chi connectivity index (χ1v) is 9.32. The van der Waals surface area contributed by atoms with Gasteiger partial charge in [-0.2, -0.15) is 0 Å². The van der Waals surface area contributed by atoms with E-state index in [1.54, 1.807) is 12.3 Å². The minimum Gasteiger partial charge on any atom is -0.487 e. The van der Waals surface area contributed by atoms with Crippen LogP contribution in [0.4, 0.5) is 5.69 Å². The lowest BCUT2D eigenvalue weighted by molar-refractivity contribution is -0.118. The Morgan fingerprint density at radius 3 is 2.52 bits per heavy atom. The van der Waals surface area contributed by atoms with Crippen molar-refractivity contribution in [2.75, 3.05) is 11.9 Å². The summed E-state index contributed by atoms with van der Waals surface area (Å²) in [6.45, 7) is 0.271. The molecule has 0 aliphatic rings. The minimum atomic E-state index is -0.253. The van der Waals surface area contributed by atoms with E-state index in [0.717, 1.165) is 16.5 Å². The molecule has 3 aromatic carbocycles. The van der Waals surface area contributed by atoms with Gasteiger partial charge in [-0.25, -0.2) is 0 Å². The molecule has 1 aromatic heterocycles. The molecule has 1 N–H and O–H groups in total. The summed E-state index contributed by atoms with van der Waals surface area (Å²) in [6, 6.07) is 26.5. The normalized spacial score (nSPS) is 10.5. The zero-order valence-electron chi connectivity index (χ0n) is 15.7. The maximum atomic E-state index is 12.3. The van der Waals surface area contributed by atoms with E-state index < -0.39 is 0 Å². The first-order chi connectivity index (χ1) is 14.3. The van der Waals surface area contributed by atoms with Crippen LogP contribution in [0, 0.1) is 0 Å². The number of carbonyl (C=O) groups excluding carboxylic acids is 1. The van der Waals surface area contributed by atoms with Crippen molar-refractivity contribution in [2.24, 2.45) is 0 Å². The van der Waals surface area contributed by atoms with Crippen molar-refractivity contribution in [1.29, 1.82) is 0 Å². The fourth-order valence-electron chi connectivity index (χ4n) is 2.99. The van der Waals surface area contributed by atoms with Crippen molar-refractivity contribution in [3.63, 3.8) is 0 Å². The van der Waals surface area contributed by atoms with Gasteiger partial charge in [0.1, 0.15) is 18.1 Å². The number of para-hydroxylation sites is 4. The quantitative estimate of drug-likeness (QED) is 0.496. The summed E-state index contributed by atoms with van der Waals surface area (Å²) in [4.78, 5) is 16.7. The van der Waals surface area contributed by atoms with Gasteiger partial charge in [0.05, 0.1) is 11.2 Å². The van der Waals surface area contributed by atoms with Gasteiger partial charge in [-0.15, -0.1) is 0 Å². The second kappa shape index (κ2) is 8.89. The highest BCUT2D eigenvalue weighted by molar-refractivity contribution is 5.93. The molecule has 0 saturated carbocycles. The van der Waals surface area contributed by atoms with Crippen LogP contribution in [-0.4, -0.2) is 17.5 Å². The standard InChI is InChI=1S/C24H20N2O3/c27-23(17-28-20-11-2-1-3-12-20)26-21-13-4-5-14-22(21)29-16-19-9-6-8-18-10-7-15-25-24(18)19/h1-15H,16-17H2,(H,26,27). The third kappa shape index (κ3) is 4.71. The molecular weight excluding hydrogens is 364 g/mol. The molecule has 29 heavy (non-hydrogen) atoms. The van der Waals surface area contributed by atoms with E-state index in [1.165, 1.54) is 0 Å². The number of nitrogens with zero attached hydrogens (tertiary/aromatic N) is 1. The van der Waals surface area contributed by atoms with Gasteiger partial charge in [0, 0.05) is 17.1 Å². The van der Waals surface area contributed by atoms with Crippen LogP contribution in [-0.2, 0) is 11.4 Å². The molecule has 0 saturated heterocycles. The van der Waals surface area contributed by atoms with Crippen molar-refractivity contribution >= 4 is 22.5 Å². The van der Waals surface area contributed by atoms with Crippen LogP contribution in [0.3, 0.4) is 0 Å². The first-order valence-electron chi connectivity index (χ1n) is 9.32. The third-order valence-electron chi connectivity index (χ3n) is 4.37. The monoisotopic (exact) mass is 384 g/mol. The fourth-order valence-corrected chi connectivity index (χ4v) is 2.99. The van der Waals surface area contributed by atoms with Gasteiger partial charge in [-0.3, -0.25) is 9.78 Å². The van der Waals surface area contributed by atoms with E-state index in [-0.39, 0.29) is 12.5 Å². The Morgan fingerprint density at radius 2 is 1.62 bits per heavy atom. The summed E-state index contributed by atoms with van der Waals surface area (Å²) in [6.07, 6.45) is 1.77. The molecule has 0 aliphatic carbocycles. The molecule has 0 spiro atoms. The number of fused-ring (bicyclic) bond motifs is 1. The Bertz CT molecular complexity index is 1110. The number of carbonyl (C=O) groups is 1. The van der Waals surface area contributed by atoms with Crippen molar-refractivity contribution in [3.05, 3.63) is 96.7 Å². The topological polar surface area (TPSA) is 60.5 Å². The highest BCUT2D eigenvalue weighted by Crippen LogP contribution is 2.26. The van der Waals surface area contributed by atoms with E-state index in [0.29, 0.717) is 23.8 Å². The predicted octanol–water partition coefficient (Wildman–Crippen LogP) is 4.83. The molecule has 0 fully saturated rings. The molecule has 0 unspecified atom stereocenters. The second-order valence-electron chi connectivity index (χ2n) is 6.43. The van der Waals surface area contributed by atoms with Gasteiger partial charge in [-0.05, 0) is 30.3 Å². The zero-order chi connectivity index (χ0) is 19.9. The minimum absolute atomic E-state index is 0.0778. The summed E-state index contributed by atoms with van der Waals surface area (Å²) in [5.41, 5.74) is 2.49. The smallest absolute Gasteiger partial charge is 0.262 e. The molecule has 0 radical (unpaired) electrons. The lowest BCUT2D eigenvalue weighted by Crippen LogP contribution is -2.20. The molecule has 1 amide bonds. The van der Waals surface area contributed by atoms with Crippen LogP contribution in [0.2, 0.25) is 0 Å². The van der Waals surface area contributed by atoms with Crippen LogP contribution in [0.5, 0.6) is 11.5 Å². The molecule has 5 heteroatoms. The highest BCUT2D eigenvalue weighted by Gasteiger charge is 2.10. The summed E-state index contributed by atoms with van der Waals surface area (Å²) in [7, 11) is 0. The van der Waals surface area contributed by atoms with E-state index in [4.69, 9.17) is 9.47 Å². The van der Waals surface area contributed by atoms with Crippen LogP contribution in [0.15, 0.2) is 91.1 Å². The van der Waals surface area contributed by atoms with Crippen LogP contribution in [0.25, 0.3) is 10.9 Å². The summed E-state index contributed by atoms with van der Waals surface area (Å²) in [5.74, 6) is 0.987. The highest BCUT2D eigenvalue weighted by atomic mass is 16.5. The molecule has 1 heterocycles. The number of amides is 1. The maximum absolute atomic E-state index is 12.3. The van der Waals surface area contributed by atoms with Gasteiger partial charge in [0.2, 0.25) is 0 Å². The number of benzene rings is 3. The molecule has 4 aromatic rings. The van der Waals surface area contributed by atoms with Crippen LogP contribution in [0.1, 0.15) is 5.56 Å². The molecule has 0 atom stereocenters. The number of aromatic nitrogens is 1. The molecule has 4 rings (SSSR count). The number of ether oxygens (including phenoxy) is 2. The van der Waals surface area contributed by atoms with Crippen molar-refractivity contribution in [3.8, 4) is 11.5 Å². The molecule has 0 bridgehead atoms. The van der Waals surface area contributed by atoms with Gasteiger partial charge in [0.15, 0.2) is 6.61 Å². The van der Waals surface area contributed by atoms with Crippen LogP contribution < -0.4 is 14.8 Å². The van der Waals surface area contributed by atoms with Crippen molar-refractivity contribution in [1.82, 2.24) is 4.98 Å². The number of rotatable bonds is 7. The van der Waals surface area contributed by atoms with E-state index in [2.05, 4.69) is 10.3 Å². The van der Waals surface area contributed by atoms with Gasteiger partial charge in [-0.1, -0.05) is 54.6 Å². The Morgan fingerprint density at radius 1 is 0.828 bits per heavy atom. The average Bonchev–Trinajstić information content (AvgIpc) is 2.78. The summed E-state index contributed by atoms with van der Waals surface area (Å²) >= 11 is 0. The summed E-state index contributed by atoms with van der Waals surface area (Å²) in [5, 5.41) is 3.91. The Hall–Kier alpha value is -3.86. The Balaban J connectivity index is 1.42. The number of hydrogen-bond donors (Lipinski definition) is 1. The third-order valence-corrected chi connectivity index (χ3v) is 4.37. The van der Waals surface area contributed by atoms with E-state index in [1.807, 2.05) is 78.9 Å². The second-order valence-corrected chi connectivity index (χ2v) is 6.43. The zero-order valence-corrected chi connectivity index (χ0v) is 15.7. The average molecular weight is 384 g/mol. The Kier molecular flexibility index (Phi) is 5.67. The first kappa shape index (κ1) is 18.5. The van der Waals surface area contributed by atoms with E-state index in [9.17, 15) is 4.79 Å². The molecule has 144 valence electrons. The van der Waals surface area contributed by atoms with Gasteiger partial charge in [0.25, 0.3) is 5.91 Å². The van der Waals surface area contributed by atoms with Crippen LogP contribution >= 0.6 is 0 Å². The molecular formula is C24H20N2O3. The molecule has 5 nitrogen and oxygen atoms in total. The lowest BCUT2D eigenvalue weighted by atomic mass is 10.1. The SMILES string of the molecule is O=C(COc1ccccc1)Nc1ccccc1OCc1cccc2cccnc12. The van der Waals surface area contributed by atoms with Gasteiger partial charge >= 0.3 is 0 Å². The lowest BCUT2D eigenvalue weighted by Gasteiger charge is -2.13. The van der Waals surface area contributed by atoms with E-state index >= 15 is 0 Å². The maximum Gasteiger partial charge on any atom is 0.262 e. The fraction of sp³-hybridized carbons (Fsp3) is 0.0833. The van der Waals surface area contributed by atoms with Crippen molar-refractivity contribution in [2.45, 2.75) is 6.61 Å². The molecule has 0 aliphatic heterocycles. The predicted molar refractivity (Wildman–Crippen MR) is 113 cm³/mol. The number of anilines is 1. The largest absolute Gasteiger partial charge is 0.487 e. The van der Waals surface area contributed by atoms with Gasteiger partial charge < -0.3 is 14.8 Å². The number of nitrogens with one attached hydrogen (secondary N) is 1. The van der Waals surface area contributed by atoms with Crippen molar-refractivity contribution < 1.29 is 14.3 Å². The summed E-state index contributed by atoms with van der Waals surface area (Å²) < 4.78 is 11.5. The number of pyridine rings is 1.